The second kappa shape index (κ2) is 5.78. The summed E-state index contributed by atoms with van der Waals surface area (Å²) in [5.41, 5.74) is 0. The van der Waals surface area contributed by atoms with Crippen LogP contribution in [0.4, 0.5) is 8.78 Å². The first kappa shape index (κ1) is 12.8. The molecule has 0 aromatic heterocycles. The lowest BCUT2D eigenvalue weighted by molar-refractivity contribution is 0.206. The van der Waals surface area contributed by atoms with Gasteiger partial charge in [0.15, 0.2) is 11.6 Å². The fourth-order valence-electron chi connectivity index (χ4n) is 1.89. The maximum absolute atomic E-state index is 13.4. The Hall–Kier alpha value is -0.680. The smallest absolute Gasteiger partial charge is 0.200 e. The summed E-state index contributed by atoms with van der Waals surface area (Å²) in [7, 11) is 0. The van der Waals surface area contributed by atoms with Crippen molar-refractivity contribution in [2.45, 2.75) is 12.8 Å². The van der Waals surface area contributed by atoms with Gasteiger partial charge >= 0.3 is 0 Å². The minimum atomic E-state index is -0.915. The zero-order valence-electron chi connectivity index (χ0n) is 9.31. The normalized spacial score (nSPS) is 17.1. The van der Waals surface area contributed by atoms with Crippen molar-refractivity contribution in [2.75, 3.05) is 19.7 Å². The predicted molar refractivity (Wildman–Crippen MR) is 65.1 cm³/mol. The van der Waals surface area contributed by atoms with Crippen molar-refractivity contribution < 1.29 is 13.5 Å². The topological polar surface area (TPSA) is 21.3 Å². The van der Waals surface area contributed by atoms with Crippen LogP contribution in [-0.4, -0.2) is 19.7 Å². The van der Waals surface area contributed by atoms with E-state index in [0.717, 1.165) is 32.0 Å². The lowest BCUT2D eigenvalue weighted by Gasteiger charge is -2.22. The summed E-state index contributed by atoms with van der Waals surface area (Å²) >= 11 is 3.12. The van der Waals surface area contributed by atoms with E-state index in [2.05, 4.69) is 21.2 Å². The maximum Gasteiger partial charge on any atom is 0.200 e. The molecule has 0 aliphatic carbocycles. The molecule has 0 radical (unpaired) electrons. The molecule has 0 saturated carbocycles. The fraction of sp³-hybridized carbons (Fsp3) is 0.500. The highest BCUT2D eigenvalue weighted by Crippen LogP contribution is 2.26. The van der Waals surface area contributed by atoms with E-state index in [1.807, 2.05) is 0 Å². The second-order valence-corrected chi connectivity index (χ2v) is 5.12. The first-order valence-corrected chi connectivity index (χ1v) is 6.44. The van der Waals surface area contributed by atoms with E-state index >= 15 is 0 Å². The highest BCUT2D eigenvalue weighted by atomic mass is 79.9. The number of benzene rings is 1. The van der Waals surface area contributed by atoms with Gasteiger partial charge in [0.2, 0.25) is 5.82 Å². The van der Waals surface area contributed by atoms with Crippen molar-refractivity contribution in [3.8, 4) is 5.75 Å². The molecule has 0 atom stereocenters. The summed E-state index contributed by atoms with van der Waals surface area (Å²) in [6.07, 6.45) is 2.02. The Labute approximate surface area is 107 Å². The molecule has 0 amide bonds. The zero-order chi connectivity index (χ0) is 12.3. The van der Waals surface area contributed by atoms with Crippen LogP contribution in [-0.2, 0) is 0 Å². The molecule has 1 fully saturated rings. The number of hydrogen-bond donors (Lipinski definition) is 1. The van der Waals surface area contributed by atoms with Gasteiger partial charge in [-0.1, -0.05) is 15.9 Å². The molecule has 1 aliphatic rings. The van der Waals surface area contributed by atoms with Gasteiger partial charge in [-0.2, -0.15) is 4.39 Å². The molecule has 0 bridgehead atoms. The molecular formula is C12H14BrF2NO. The van der Waals surface area contributed by atoms with Gasteiger partial charge in [0.1, 0.15) is 0 Å². The SMILES string of the molecule is Fc1cc(Br)cc(OCC2CCNCC2)c1F. The average molecular weight is 306 g/mol. The summed E-state index contributed by atoms with van der Waals surface area (Å²) < 4.78 is 32.4. The molecule has 2 nitrogen and oxygen atoms in total. The zero-order valence-corrected chi connectivity index (χ0v) is 10.9. The Morgan fingerprint density at radius 2 is 2.00 bits per heavy atom. The van der Waals surface area contributed by atoms with Gasteiger partial charge in [0, 0.05) is 4.47 Å². The summed E-state index contributed by atoms with van der Waals surface area (Å²) in [6, 6.07) is 2.55. The van der Waals surface area contributed by atoms with Crippen molar-refractivity contribution >= 4 is 15.9 Å². The third-order valence-corrected chi connectivity index (χ3v) is 3.35. The highest BCUT2D eigenvalue weighted by Gasteiger charge is 2.16. The molecule has 0 unspecified atom stereocenters. The van der Waals surface area contributed by atoms with Crippen LogP contribution in [0.2, 0.25) is 0 Å². The average Bonchev–Trinajstić information content (AvgIpc) is 2.33. The van der Waals surface area contributed by atoms with E-state index in [-0.39, 0.29) is 5.75 Å². The van der Waals surface area contributed by atoms with Crippen molar-refractivity contribution in [1.82, 2.24) is 5.32 Å². The summed E-state index contributed by atoms with van der Waals surface area (Å²) in [5, 5.41) is 3.25. The summed E-state index contributed by atoms with van der Waals surface area (Å²) in [5.74, 6) is -1.41. The van der Waals surface area contributed by atoms with E-state index in [9.17, 15) is 8.78 Å². The van der Waals surface area contributed by atoms with Crippen LogP contribution in [0.5, 0.6) is 5.75 Å². The first-order valence-electron chi connectivity index (χ1n) is 5.65. The number of nitrogens with one attached hydrogen (secondary N) is 1. The molecule has 5 heteroatoms. The maximum atomic E-state index is 13.4. The number of rotatable bonds is 3. The number of ether oxygens (including phenoxy) is 1. The van der Waals surface area contributed by atoms with Crippen molar-refractivity contribution in [3.05, 3.63) is 28.2 Å². The third-order valence-electron chi connectivity index (χ3n) is 2.89. The number of halogens is 3. The molecule has 2 rings (SSSR count). The molecule has 1 aromatic rings. The van der Waals surface area contributed by atoms with Gasteiger partial charge in [-0.25, -0.2) is 4.39 Å². The van der Waals surface area contributed by atoms with Gasteiger partial charge in [-0.15, -0.1) is 0 Å². The summed E-state index contributed by atoms with van der Waals surface area (Å²) in [4.78, 5) is 0. The van der Waals surface area contributed by atoms with E-state index in [4.69, 9.17) is 4.74 Å². The van der Waals surface area contributed by atoms with Crippen LogP contribution in [0.3, 0.4) is 0 Å². The largest absolute Gasteiger partial charge is 0.490 e. The Kier molecular flexibility index (Phi) is 4.34. The molecule has 1 N–H and O–H groups in total. The van der Waals surface area contributed by atoms with E-state index in [0.29, 0.717) is 17.0 Å². The Morgan fingerprint density at radius 1 is 1.29 bits per heavy atom. The highest BCUT2D eigenvalue weighted by molar-refractivity contribution is 9.10. The van der Waals surface area contributed by atoms with Crippen LogP contribution in [0.15, 0.2) is 16.6 Å². The first-order chi connectivity index (χ1) is 8.16. The number of hydrogen-bond acceptors (Lipinski definition) is 2. The standard InChI is InChI=1S/C12H14BrF2NO/c13-9-5-10(14)12(15)11(6-9)17-7-8-1-3-16-4-2-8/h5-6,8,16H,1-4,7H2. The van der Waals surface area contributed by atoms with Crippen LogP contribution >= 0.6 is 15.9 Å². The molecule has 0 spiro atoms. The summed E-state index contributed by atoms with van der Waals surface area (Å²) in [6.45, 7) is 2.36. The number of piperidine rings is 1. The van der Waals surface area contributed by atoms with Crippen molar-refractivity contribution in [3.63, 3.8) is 0 Å². The van der Waals surface area contributed by atoms with Crippen LogP contribution < -0.4 is 10.1 Å². The molecule has 1 heterocycles. The molecule has 1 aromatic carbocycles. The third kappa shape index (κ3) is 3.39. The van der Waals surface area contributed by atoms with Crippen LogP contribution in [0.25, 0.3) is 0 Å². The Morgan fingerprint density at radius 3 is 2.71 bits per heavy atom. The lowest BCUT2D eigenvalue weighted by atomic mass is 9.99. The van der Waals surface area contributed by atoms with Gasteiger partial charge in [0.05, 0.1) is 6.61 Å². The minimum absolute atomic E-state index is 0.0181. The van der Waals surface area contributed by atoms with Crippen molar-refractivity contribution in [2.24, 2.45) is 5.92 Å². The molecule has 1 saturated heterocycles. The van der Waals surface area contributed by atoms with Crippen molar-refractivity contribution in [1.29, 1.82) is 0 Å². The van der Waals surface area contributed by atoms with Crippen LogP contribution in [0, 0.1) is 17.6 Å². The fourth-order valence-corrected chi connectivity index (χ4v) is 2.30. The molecule has 94 valence electrons. The van der Waals surface area contributed by atoms with E-state index in [1.165, 1.54) is 6.07 Å². The molecular weight excluding hydrogens is 292 g/mol. The van der Waals surface area contributed by atoms with E-state index < -0.39 is 11.6 Å². The van der Waals surface area contributed by atoms with Crippen LogP contribution in [0.1, 0.15) is 12.8 Å². The quantitative estimate of drug-likeness (QED) is 0.867. The van der Waals surface area contributed by atoms with Gasteiger partial charge in [0.25, 0.3) is 0 Å². The van der Waals surface area contributed by atoms with Gasteiger partial charge < -0.3 is 10.1 Å². The Bertz CT molecular complexity index is 394. The van der Waals surface area contributed by atoms with E-state index in [1.54, 1.807) is 0 Å². The molecule has 1 aliphatic heterocycles. The molecule has 17 heavy (non-hydrogen) atoms. The minimum Gasteiger partial charge on any atom is -0.490 e. The second-order valence-electron chi connectivity index (χ2n) is 4.20. The monoisotopic (exact) mass is 305 g/mol. The lowest BCUT2D eigenvalue weighted by Crippen LogP contribution is -2.30. The Balaban J connectivity index is 1.98. The predicted octanol–water partition coefficient (Wildman–Crippen LogP) is 3.11. The van der Waals surface area contributed by atoms with Gasteiger partial charge in [-0.3, -0.25) is 0 Å². The van der Waals surface area contributed by atoms with Gasteiger partial charge in [-0.05, 0) is 44.0 Å².